The minimum atomic E-state index is 0.00704. The highest BCUT2D eigenvalue weighted by atomic mass is 14.7. The highest BCUT2D eigenvalue weighted by Crippen LogP contribution is 2.22. The third-order valence-corrected chi connectivity index (χ3v) is 3.72. The van der Waals surface area contributed by atoms with Gasteiger partial charge in [-0.3, -0.25) is 4.99 Å². The van der Waals surface area contributed by atoms with Crippen LogP contribution >= 0.6 is 0 Å². The predicted molar refractivity (Wildman–Crippen MR) is 81.9 cm³/mol. The molecule has 0 heterocycles. The van der Waals surface area contributed by atoms with Gasteiger partial charge in [-0.2, -0.15) is 0 Å². The summed E-state index contributed by atoms with van der Waals surface area (Å²) in [5.74, 6) is 0.00704. The van der Waals surface area contributed by atoms with Crippen LogP contribution in [-0.2, 0) is 0 Å². The summed E-state index contributed by atoms with van der Waals surface area (Å²) in [6.07, 6.45) is 0.419. The van der Waals surface area contributed by atoms with E-state index in [1.54, 1.807) is 0 Å². The molecule has 2 aromatic carbocycles. The number of hydrogen-bond donors (Lipinski definition) is 0. The number of rotatable bonds is 2. The van der Waals surface area contributed by atoms with Crippen molar-refractivity contribution in [3.8, 4) is 0 Å². The van der Waals surface area contributed by atoms with Crippen molar-refractivity contribution >= 4 is 23.0 Å². The number of nitrogens with zero attached hydrogens (tertiary/aromatic N) is 1. The molecule has 3 rings (SSSR count). The minimum Gasteiger partial charge on any atom is -0.260 e. The fraction of sp³-hybridized carbons (Fsp3) is 0.167. The maximum atomic E-state index is 8.35. The number of para-hydroxylation sites is 1. The van der Waals surface area contributed by atoms with Gasteiger partial charge in [0.25, 0.3) is 0 Å². The molecule has 0 aromatic heterocycles. The van der Waals surface area contributed by atoms with Crippen molar-refractivity contribution in [3.05, 3.63) is 65.0 Å². The Morgan fingerprint density at radius 3 is 2.00 bits per heavy atom. The topological polar surface area (TPSA) is 12.4 Å². The summed E-state index contributed by atoms with van der Waals surface area (Å²) in [5.41, 5.74) is 3.29. The van der Waals surface area contributed by atoms with Crippen LogP contribution < -0.4 is 10.4 Å². The Bertz CT molecular complexity index is 747. The molecule has 94 valence electrons. The first-order valence-electron chi connectivity index (χ1n) is 7.05. The molecule has 0 N–H and O–H groups in total. The Morgan fingerprint density at radius 2 is 1.42 bits per heavy atom. The van der Waals surface area contributed by atoms with Crippen molar-refractivity contribution in [2.24, 2.45) is 10.9 Å². The van der Waals surface area contributed by atoms with E-state index in [2.05, 4.69) is 43.1 Å². The van der Waals surface area contributed by atoms with Crippen molar-refractivity contribution < 1.29 is 1.37 Å². The maximum absolute atomic E-state index is 8.35. The normalized spacial score (nSPS) is 16.5. The van der Waals surface area contributed by atoms with E-state index >= 15 is 0 Å². The Morgan fingerprint density at radius 1 is 0.895 bits per heavy atom. The van der Waals surface area contributed by atoms with E-state index in [-0.39, 0.29) is 5.92 Å². The lowest BCUT2D eigenvalue weighted by Gasteiger charge is -2.08. The fourth-order valence-corrected chi connectivity index (χ4v) is 2.64. The van der Waals surface area contributed by atoms with Crippen LogP contribution in [0.25, 0.3) is 11.1 Å². The summed E-state index contributed by atoms with van der Waals surface area (Å²) < 4.78 is 8.35. The molecule has 0 fully saturated rings. The fourth-order valence-electron chi connectivity index (χ4n) is 2.64. The van der Waals surface area contributed by atoms with Crippen LogP contribution in [0.3, 0.4) is 0 Å². The Balaban J connectivity index is 2.09. The number of aliphatic imine (C=N–C) groups is 1. The third-order valence-electron chi connectivity index (χ3n) is 3.72. The van der Waals surface area contributed by atoms with Gasteiger partial charge in [0.1, 0.15) is 0 Å². The van der Waals surface area contributed by atoms with Crippen molar-refractivity contribution in [3.63, 3.8) is 0 Å². The quantitative estimate of drug-likeness (QED) is 0.724. The van der Waals surface area contributed by atoms with Crippen LogP contribution in [0.4, 0.5) is 5.69 Å². The molecular weight excluding hydrogens is 230 g/mol. The summed E-state index contributed by atoms with van der Waals surface area (Å²) >= 11 is 0. The zero-order valence-electron chi connectivity index (χ0n) is 12.2. The maximum Gasteiger partial charge on any atom is 0.0802 e. The molecule has 0 amide bonds. The van der Waals surface area contributed by atoms with Gasteiger partial charge in [0.05, 0.1) is 7.06 Å². The second-order valence-electron chi connectivity index (χ2n) is 4.92. The van der Waals surface area contributed by atoms with Gasteiger partial charge in [-0.25, -0.2) is 0 Å². The second kappa shape index (κ2) is 4.85. The van der Waals surface area contributed by atoms with Crippen molar-refractivity contribution in [2.75, 3.05) is 0 Å². The van der Waals surface area contributed by atoms with Crippen LogP contribution in [-0.4, -0.2) is 6.19 Å². The highest BCUT2D eigenvalue weighted by Gasteiger charge is 2.17. The molecule has 0 bridgehead atoms. The first-order chi connectivity index (χ1) is 9.68. The van der Waals surface area contributed by atoms with Crippen LogP contribution in [0.5, 0.6) is 0 Å². The Kier molecular flexibility index (Phi) is 2.74. The first kappa shape index (κ1) is 10.7. The van der Waals surface area contributed by atoms with E-state index in [0.717, 1.165) is 5.69 Å². The standard InChI is InChI=1S/C18H17N/c1-13-16-10-6-7-11-17(16)14(2)18(13)12-19-15-8-4-3-5-9-15/h3-12,18H,1-2H3/i12D. The molecule has 0 aliphatic heterocycles. The summed E-state index contributed by atoms with van der Waals surface area (Å²) in [5, 5.41) is 2.51. The van der Waals surface area contributed by atoms with Gasteiger partial charge in [0, 0.05) is 12.1 Å². The number of fused-ring (bicyclic) bond motifs is 1. The summed E-state index contributed by atoms with van der Waals surface area (Å²) in [4.78, 5) is 4.47. The molecule has 0 saturated carbocycles. The average Bonchev–Trinajstić information content (AvgIpc) is 2.72. The molecule has 1 aliphatic rings. The molecule has 1 heteroatoms. The summed E-state index contributed by atoms with van der Waals surface area (Å²) in [6, 6.07) is 18.1. The third kappa shape index (κ3) is 2.12. The monoisotopic (exact) mass is 248 g/mol. The summed E-state index contributed by atoms with van der Waals surface area (Å²) in [7, 11) is 0. The predicted octanol–water partition coefficient (Wildman–Crippen LogP) is 3.06. The lowest BCUT2D eigenvalue weighted by Crippen LogP contribution is -2.22. The van der Waals surface area contributed by atoms with Crippen molar-refractivity contribution in [1.82, 2.24) is 0 Å². The number of hydrogen-bond acceptors (Lipinski definition) is 1. The lowest BCUT2D eigenvalue weighted by atomic mass is 9.98. The Labute approximate surface area is 115 Å². The van der Waals surface area contributed by atoms with E-state index in [9.17, 15) is 0 Å². The zero-order chi connectivity index (χ0) is 14.1. The van der Waals surface area contributed by atoms with Gasteiger partial charge in [-0.1, -0.05) is 53.6 Å². The van der Waals surface area contributed by atoms with E-state index in [0.29, 0.717) is 6.19 Å². The molecule has 2 aromatic rings. The molecule has 0 spiro atoms. The number of benzene rings is 2. The van der Waals surface area contributed by atoms with Crippen LogP contribution in [0, 0.1) is 5.92 Å². The molecular formula is C18H17N. The second-order valence-corrected chi connectivity index (χ2v) is 4.92. The lowest BCUT2D eigenvalue weighted by molar-refractivity contribution is 1.19. The van der Waals surface area contributed by atoms with E-state index in [4.69, 9.17) is 1.37 Å². The zero-order valence-corrected chi connectivity index (χ0v) is 11.2. The molecule has 1 nitrogen and oxygen atoms in total. The highest BCUT2D eigenvalue weighted by molar-refractivity contribution is 5.90. The molecule has 19 heavy (non-hydrogen) atoms. The first-order valence-corrected chi connectivity index (χ1v) is 6.55. The van der Waals surface area contributed by atoms with Gasteiger partial charge in [-0.05, 0) is 36.4 Å². The average molecular weight is 248 g/mol. The van der Waals surface area contributed by atoms with E-state index in [1.807, 2.05) is 30.3 Å². The van der Waals surface area contributed by atoms with E-state index in [1.165, 1.54) is 21.6 Å². The van der Waals surface area contributed by atoms with Crippen molar-refractivity contribution in [1.29, 1.82) is 0 Å². The van der Waals surface area contributed by atoms with Gasteiger partial charge in [0.15, 0.2) is 0 Å². The molecule has 0 radical (unpaired) electrons. The molecule has 0 unspecified atom stereocenters. The molecule has 0 atom stereocenters. The van der Waals surface area contributed by atoms with Crippen molar-refractivity contribution in [2.45, 2.75) is 13.8 Å². The van der Waals surface area contributed by atoms with E-state index < -0.39 is 0 Å². The SMILES string of the molecule is [2H]C(=Nc1ccccc1)C1C(C)=c2ccccc2=C1C. The smallest absolute Gasteiger partial charge is 0.0802 e. The molecule has 1 aliphatic carbocycles. The van der Waals surface area contributed by atoms with Gasteiger partial charge < -0.3 is 0 Å². The van der Waals surface area contributed by atoms with Gasteiger partial charge >= 0.3 is 0 Å². The molecule has 0 saturated heterocycles. The van der Waals surface area contributed by atoms with Crippen LogP contribution in [0.2, 0.25) is 0 Å². The van der Waals surface area contributed by atoms with Crippen LogP contribution in [0.1, 0.15) is 15.2 Å². The van der Waals surface area contributed by atoms with Crippen LogP contribution in [0.15, 0.2) is 59.6 Å². The Hall–Kier alpha value is -2.15. The minimum absolute atomic E-state index is 0.00704. The van der Waals surface area contributed by atoms with Gasteiger partial charge in [-0.15, -0.1) is 0 Å². The van der Waals surface area contributed by atoms with Gasteiger partial charge in [0.2, 0.25) is 0 Å². The largest absolute Gasteiger partial charge is 0.260 e. The summed E-state index contributed by atoms with van der Waals surface area (Å²) in [6.45, 7) is 4.21.